The first-order chi connectivity index (χ1) is 15.6. The second-order valence-corrected chi connectivity index (χ2v) is 8.35. The normalized spacial score (nSPS) is 18.5. The molecule has 5 rings (SSSR count). The summed E-state index contributed by atoms with van der Waals surface area (Å²) in [5, 5.41) is 34.3. The fourth-order valence-corrected chi connectivity index (χ4v) is 4.80. The highest BCUT2D eigenvalue weighted by atomic mass is 16.4. The topological polar surface area (TPSA) is 98.3 Å². The first-order valence-corrected chi connectivity index (χ1v) is 10.8. The Morgan fingerprint density at radius 3 is 2.50 bits per heavy atom. The van der Waals surface area contributed by atoms with Crippen LogP contribution in [-0.4, -0.2) is 32.9 Å². The zero-order valence-electron chi connectivity index (χ0n) is 17.5. The first-order valence-electron chi connectivity index (χ1n) is 10.8. The standard InChI is InChI=1S/C26H23N3O3/c27-15-16-8-11-18(14-22(16)28-17-9-12-19(30)13-10-17)29-23-6-2-1-4-20(23)25-21(26(31)32)5-3-7-24(25)29/h1-8,11,14,17,19,28,30H,9-10,12-13H2,(H,31,32)/t17-,19-. The van der Waals surface area contributed by atoms with Crippen LogP contribution in [0.4, 0.5) is 5.69 Å². The number of para-hydroxylation sites is 1. The number of hydrogen-bond acceptors (Lipinski definition) is 4. The first kappa shape index (κ1) is 20.1. The molecule has 32 heavy (non-hydrogen) atoms. The minimum Gasteiger partial charge on any atom is -0.478 e. The molecule has 1 aromatic heterocycles. The van der Waals surface area contributed by atoms with Gasteiger partial charge in [-0.3, -0.25) is 0 Å². The Hall–Kier alpha value is -3.82. The summed E-state index contributed by atoms with van der Waals surface area (Å²) in [5.74, 6) is -0.958. The molecule has 0 aliphatic heterocycles. The summed E-state index contributed by atoms with van der Waals surface area (Å²) in [7, 11) is 0. The molecule has 0 atom stereocenters. The van der Waals surface area contributed by atoms with E-state index in [2.05, 4.69) is 11.4 Å². The van der Waals surface area contributed by atoms with E-state index in [-0.39, 0.29) is 17.7 Å². The molecule has 3 aromatic carbocycles. The lowest BCUT2D eigenvalue weighted by Gasteiger charge is -2.27. The number of aliphatic hydroxyl groups is 1. The number of rotatable bonds is 4. The number of aliphatic hydroxyl groups excluding tert-OH is 1. The number of hydrogen-bond donors (Lipinski definition) is 3. The minimum atomic E-state index is -0.958. The van der Waals surface area contributed by atoms with Gasteiger partial charge in [0, 0.05) is 22.5 Å². The van der Waals surface area contributed by atoms with E-state index in [0.717, 1.165) is 53.5 Å². The van der Waals surface area contributed by atoms with Crippen LogP contribution in [0.3, 0.4) is 0 Å². The van der Waals surface area contributed by atoms with Crippen molar-refractivity contribution in [1.82, 2.24) is 4.57 Å². The average molecular weight is 425 g/mol. The average Bonchev–Trinajstić information content (AvgIpc) is 3.15. The van der Waals surface area contributed by atoms with E-state index in [1.54, 1.807) is 18.2 Å². The number of nitrogens with one attached hydrogen (secondary N) is 1. The molecule has 0 saturated heterocycles. The molecule has 6 nitrogen and oxygen atoms in total. The smallest absolute Gasteiger partial charge is 0.336 e. The van der Waals surface area contributed by atoms with Crippen molar-refractivity contribution in [2.45, 2.75) is 37.8 Å². The van der Waals surface area contributed by atoms with Gasteiger partial charge in [-0.25, -0.2) is 4.79 Å². The molecule has 0 spiro atoms. The molecule has 1 aliphatic carbocycles. The van der Waals surface area contributed by atoms with Crippen molar-refractivity contribution in [3.05, 3.63) is 71.8 Å². The molecule has 0 bridgehead atoms. The number of aromatic nitrogens is 1. The number of aromatic carboxylic acids is 1. The number of carboxylic acid groups (broad SMARTS) is 1. The third-order valence-electron chi connectivity index (χ3n) is 6.37. The van der Waals surface area contributed by atoms with Crippen molar-refractivity contribution in [2.75, 3.05) is 5.32 Å². The molecule has 1 fully saturated rings. The Morgan fingerprint density at radius 1 is 1.00 bits per heavy atom. The van der Waals surface area contributed by atoms with Gasteiger partial charge < -0.3 is 20.1 Å². The largest absolute Gasteiger partial charge is 0.478 e. The van der Waals surface area contributed by atoms with Crippen LogP contribution in [-0.2, 0) is 0 Å². The molecule has 4 aromatic rings. The van der Waals surface area contributed by atoms with E-state index < -0.39 is 5.97 Å². The van der Waals surface area contributed by atoms with Crippen molar-refractivity contribution < 1.29 is 15.0 Å². The maximum atomic E-state index is 11.9. The van der Waals surface area contributed by atoms with Crippen molar-refractivity contribution in [2.24, 2.45) is 0 Å². The summed E-state index contributed by atoms with van der Waals surface area (Å²) in [6, 6.07) is 21.2. The maximum absolute atomic E-state index is 11.9. The van der Waals surface area contributed by atoms with Crippen LogP contribution >= 0.6 is 0 Å². The predicted molar refractivity (Wildman–Crippen MR) is 124 cm³/mol. The number of carboxylic acids is 1. The summed E-state index contributed by atoms with van der Waals surface area (Å²) in [4.78, 5) is 11.9. The molecule has 1 heterocycles. The van der Waals surface area contributed by atoms with Crippen LogP contribution < -0.4 is 5.32 Å². The van der Waals surface area contributed by atoms with Gasteiger partial charge in [-0.2, -0.15) is 5.26 Å². The predicted octanol–water partition coefficient (Wildman–Crippen LogP) is 5.07. The summed E-state index contributed by atoms with van der Waals surface area (Å²) in [6.07, 6.45) is 2.98. The Kier molecular flexibility index (Phi) is 5.04. The molecule has 1 saturated carbocycles. The highest BCUT2D eigenvalue weighted by Gasteiger charge is 2.21. The molecule has 0 unspecified atom stereocenters. The summed E-state index contributed by atoms with van der Waals surface area (Å²) in [6.45, 7) is 0. The van der Waals surface area contributed by atoms with Crippen molar-refractivity contribution in [3.8, 4) is 11.8 Å². The van der Waals surface area contributed by atoms with Gasteiger partial charge in [0.15, 0.2) is 0 Å². The third kappa shape index (κ3) is 3.37. The van der Waals surface area contributed by atoms with E-state index in [4.69, 9.17) is 0 Å². The van der Waals surface area contributed by atoms with Gasteiger partial charge in [0.1, 0.15) is 6.07 Å². The monoisotopic (exact) mass is 425 g/mol. The Labute approximate surface area is 185 Å². The van der Waals surface area contributed by atoms with Gasteiger partial charge in [0.25, 0.3) is 0 Å². The number of nitrogens with zero attached hydrogens (tertiary/aromatic N) is 2. The van der Waals surface area contributed by atoms with Gasteiger partial charge in [-0.15, -0.1) is 0 Å². The molecule has 0 amide bonds. The Bertz CT molecular complexity index is 1370. The SMILES string of the molecule is N#Cc1ccc(-n2c3ccccc3c3c(C(=O)O)cccc32)cc1N[C@H]1CC[C@H](O)CC1. The zero-order chi connectivity index (χ0) is 22.2. The third-order valence-corrected chi connectivity index (χ3v) is 6.37. The number of anilines is 1. The van der Waals surface area contributed by atoms with E-state index in [0.29, 0.717) is 10.9 Å². The molecular formula is C26H23N3O3. The fraction of sp³-hybridized carbons (Fsp3) is 0.231. The van der Waals surface area contributed by atoms with Crippen molar-refractivity contribution >= 4 is 33.5 Å². The number of nitriles is 1. The fourth-order valence-electron chi connectivity index (χ4n) is 4.80. The summed E-state index contributed by atoms with van der Waals surface area (Å²) in [5.41, 5.74) is 4.16. The van der Waals surface area contributed by atoms with Crippen LogP contribution in [0.5, 0.6) is 0 Å². The van der Waals surface area contributed by atoms with E-state index in [1.165, 1.54) is 0 Å². The molecular weight excluding hydrogens is 402 g/mol. The number of carbonyl (C=O) groups is 1. The van der Waals surface area contributed by atoms with Gasteiger partial charge in [0.05, 0.1) is 34.0 Å². The molecule has 3 N–H and O–H groups in total. The highest BCUT2D eigenvalue weighted by Crippen LogP contribution is 2.35. The molecule has 0 radical (unpaired) electrons. The minimum absolute atomic E-state index is 0.206. The van der Waals surface area contributed by atoms with E-state index in [9.17, 15) is 20.3 Å². The molecule has 6 heteroatoms. The van der Waals surface area contributed by atoms with Crippen LogP contribution in [0.25, 0.3) is 27.5 Å². The van der Waals surface area contributed by atoms with Gasteiger partial charge in [0.2, 0.25) is 0 Å². The second-order valence-electron chi connectivity index (χ2n) is 8.35. The van der Waals surface area contributed by atoms with Crippen molar-refractivity contribution in [3.63, 3.8) is 0 Å². The summed E-state index contributed by atoms with van der Waals surface area (Å²) < 4.78 is 2.05. The molecule has 1 aliphatic rings. The number of fused-ring (bicyclic) bond motifs is 3. The number of benzene rings is 3. The van der Waals surface area contributed by atoms with E-state index >= 15 is 0 Å². The van der Waals surface area contributed by atoms with Crippen LogP contribution in [0.2, 0.25) is 0 Å². The van der Waals surface area contributed by atoms with Gasteiger partial charge in [-0.05, 0) is 62.1 Å². The Balaban J connectivity index is 1.68. The zero-order valence-corrected chi connectivity index (χ0v) is 17.5. The summed E-state index contributed by atoms with van der Waals surface area (Å²) >= 11 is 0. The lowest BCUT2D eigenvalue weighted by Crippen LogP contribution is -2.28. The van der Waals surface area contributed by atoms with E-state index in [1.807, 2.05) is 47.0 Å². The van der Waals surface area contributed by atoms with Crippen molar-refractivity contribution in [1.29, 1.82) is 5.26 Å². The van der Waals surface area contributed by atoms with Crippen LogP contribution in [0.15, 0.2) is 60.7 Å². The molecule has 160 valence electrons. The lowest BCUT2D eigenvalue weighted by molar-refractivity contribution is 0.0699. The van der Waals surface area contributed by atoms with Crippen LogP contribution in [0.1, 0.15) is 41.6 Å². The Morgan fingerprint density at radius 2 is 1.75 bits per heavy atom. The second kappa shape index (κ2) is 8.03. The quantitative estimate of drug-likeness (QED) is 0.424. The lowest BCUT2D eigenvalue weighted by atomic mass is 9.93. The van der Waals surface area contributed by atoms with Gasteiger partial charge >= 0.3 is 5.97 Å². The highest BCUT2D eigenvalue weighted by molar-refractivity contribution is 6.17. The maximum Gasteiger partial charge on any atom is 0.336 e. The van der Waals surface area contributed by atoms with Gasteiger partial charge in [-0.1, -0.05) is 24.3 Å². The van der Waals surface area contributed by atoms with Crippen LogP contribution in [0, 0.1) is 11.3 Å².